The molecule has 0 radical (unpaired) electrons. The van der Waals surface area contributed by atoms with E-state index in [4.69, 9.17) is 14.0 Å². The Bertz CT molecular complexity index is 470. The fraction of sp³-hybridized carbons (Fsp3) is 0.583. The number of hydrogen-bond acceptors (Lipinski definition) is 7. The summed E-state index contributed by atoms with van der Waals surface area (Å²) in [5.74, 6) is 0.731. The summed E-state index contributed by atoms with van der Waals surface area (Å²) in [4.78, 5) is 23.0. The predicted octanol–water partition coefficient (Wildman–Crippen LogP) is 0.987. The minimum Gasteiger partial charge on any atom is -0.459 e. The van der Waals surface area contributed by atoms with Gasteiger partial charge in [-0.15, -0.1) is 11.8 Å². The van der Waals surface area contributed by atoms with Gasteiger partial charge < -0.3 is 19.3 Å². The van der Waals surface area contributed by atoms with Gasteiger partial charge in [-0.2, -0.15) is 0 Å². The number of carbonyl (C=O) groups is 2. The molecule has 1 amide bonds. The molecule has 0 aromatic carbocycles. The lowest BCUT2D eigenvalue weighted by Gasteiger charge is -2.09. The van der Waals surface area contributed by atoms with Crippen LogP contribution in [0.1, 0.15) is 12.2 Å². The second-order valence-corrected chi connectivity index (χ2v) is 5.32. The molecule has 0 unspecified atom stereocenters. The monoisotopic (exact) mass is 300 g/mol. The smallest absolute Gasteiger partial charge is 0.316 e. The molecule has 0 aliphatic carbocycles. The maximum absolute atomic E-state index is 11.6. The molecule has 1 aromatic rings. The van der Waals surface area contributed by atoms with Crippen molar-refractivity contribution in [2.75, 3.05) is 30.0 Å². The molecule has 7 nitrogen and oxygen atoms in total. The maximum atomic E-state index is 11.6. The second-order valence-electron chi connectivity index (χ2n) is 4.34. The average molecular weight is 300 g/mol. The van der Waals surface area contributed by atoms with Crippen molar-refractivity contribution >= 4 is 29.5 Å². The molecular weight excluding hydrogens is 284 g/mol. The number of anilines is 1. The van der Waals surface area contributed by atoms with E-state index in [1.54, 1.807) is 13.0 Å². The number of nitrogens with one attached hydrogen (secondary N) is 1. The van der Waals surface area contributed by atoms with Crippen molar-refractivity contribution < 1.29 is 23.6 Å². The summed E-state index contributed by atoms with van der Waals surface area (Å²) in [6, 6.07) is 1.62. The average Bonchev–Trinajstić information content (AvgIpc) is 3.01. The van der Waals surface area contributed by atoms with Crippen LogP contribution in [0.4, 0.5) is 5.82 Å². The fourth-order valence-corrected chi connectivity index (χ4v) is 2.25. The molecule has 0 spiro atoms. The number of esters is 1. The SMILES string of the molecule is Cc1cc(NC(=O)CSCC(=O)O[C@H]2CCOC2)no1. The quantitative estimate of drug-likeness (QED) is 0.783. The standard InChI is InChI=1S/C12H16N2O5S/c1-8-4-10(14-19-8)13-11(15)6-20-7-12(16)18-9-2-3-17-5-9/h4,9H,2-3,5-7H2,1H3,(H,13,14,15)/t9-/m0/s1. The minimum absolute atomic E-state index is 0.141. The van der Waals surface area contributed by atoms with E-state index in [2.05, 4.69) is 10.5 Å². The molecule has 0 bridgehead atoms. The normalized spacial score (nSPS) is 17.9. The lowest BCUT2D eigenvalue weighted by atomic mass is 10.3. The van der Waals surface area contributed by atoms with Gasteiger partial charge >= 0.3 is 5.97 Å². The molecule has 1 aromatic heterocycles. The Balaban J connectivity index is 1.60. The molecule has 1 fully saturated rings. The number of hydrogen-bond donors (Lipinski definition) is 1. The lowest BCUT2D eigenvalue weighted by molar-refractivity contribution is -0.145. The molecule has 1 atom stereocenters. The Morgan fingerprint density at radius 3 is 3.05 bits per heavy atom. The van der Waals surface area contributed by atoms with Gasteiger partial charge in [0.2, 0.25) is 5.91 Å². The van der Waals surface area contributed by atoms with Crippen LogP contribution in [0, 0.1) is 6.92 Å². The summed E-state index contributed by atoms with van der Waals surface area (Å²) in [5, 5.41) is 6.22. The largest absolute Gasteiger partial charge is 0.459 e. The molecule has 2 heterocycles. The molecule has 1 saturated heterocycles. The Hall–Kier alpha value is -1.54. The van der Waals surface area contributed by atoms with Crippen molar-refractivity contribution in [3.8, 4) is 0 Å². The van der Waals surface area contributed by atoms with Crippen LogP contribution in [0.15, 0.2) is 10.6 Å². The van der Waals surface area contributed by atoms with Crippen LogP contribution in [-0.2, 0) is 19.1 Å². The van der Waals surface area contributed by atoms with Crippen LogP contribution in [0.5, 0.6) is 0 Å². The highest BCUT2D eigenvalue weighted by atomic mass is 32.2. The van der Waals surface area contributed by atoms with Gasteiger partial charge in [-0.1, -0.05) is 5.16 Å². The number of rotatable bonds is 6. The summed E-state index contributed by atoms with van der Waals surface area (Å²) in [6.45, 7) is 2.83. The first kappa shape index (κ1) is 14.9. The molecule has 2 rings (SSSR count). The predicted molar refractivity (Wildman–Crippen MR) is 72.5 cm³/mol. The van der Waals surface area contributed by atoms with E-state index in [1.807, 2.05) is 0 Å². The van der Waals surface area contributed by atoms with Crippen molar-refractivity contribution in [3.05, 3.63) is 11.8 Å². The topological polar surface area (TPSA) is 90.7 Å². The number of thioether (sulfide) groups is 1. The first-order valence-corrected chi connectivity index (χ1v) is 7.37. The number of amides is 1. The van der Waals surface area contributed by atoms with Gasteiger partial charge in [0.25, 0.3) is 0 Å². The first-order valence-electron chi connectivity index (χ1n) is 6.21. The number of aromatic nitrogens is 1. The molecule has 1 aliphatic heterocycles. The van der Waals surface area contributed by atoms with Crippen molar-refractivity contribution in [2.45, 2.75) is 19.4 Å². The van der Waals surface area contributed by atoms with E-state index in [0.717, 1.165) is 6.42 Å². The first-order chi connectivity index (χ1) is 9.63. The van der Waals surface area contributed by atoms with Crippen LogP contribution in [-0.4, -0.2) is 47.9 Å². The van der Waals surface area contributed by atoms with E-state index in [-0.39, 0.29) is 29.5 Å². The highest BCUT2D eigenvalue weighted by molar-refractivity contribution is 8.00. The third kappa shape index (κ3) is 4.86. The zero-order valence-electron chi connectivity index (χ0n) is 11.1. The van der Waals surface area contributed by atoms with Crippen molar-refractivity contribution in [2.24, 2.45) is 0 Å². The van der Waals surface area contributed by atoms with Gasteiger partial charge in [-0.25, -0.2) is 0 Å². The van der Waals surface area contributed by atoms with Gasteiger partial charge in [-0.05, 0) is 6.92 Å². The van der Waals surface area contributed by atoms with Gasteiger partial charge in [0.15, 0.2) is 5.82 Å². The highest BCUT2D eigenvalue weighted by Crippen LogP contribution is 2.11. The van der Waals surface area contributed by atoms with E-state index in [9.17, 15) is 9.59 Å². The summed E-state index contributed by atoms with van der Waals surface area (Å²) in [7, 11) is 0. The fourth-order valence-electron chi connectivity index (χ4n) is 1.66. The van der Waals surface area contributed by atoms with Gasteiger partial charge in [0, 0.05) is 12.5 Å². The lowest BCUT2D eigenvalue weighted by Crippen LogP contribution is -2.21. The zero-order chi connectivity index (χ0) is 14.4. The number of carbonyl (C=O) groups excluding carboxylic acids is 2. The second kappa shape index (κ2) is 7.30. The number of aryl methyl sites for hydroxylation is 1. The van der Waals surface area contributed by atoms with Gasteiger partial charge in [0.05, 0.1) is 24.7 Å². The third-order valence-electron chi connectivity index (χ3n) is 2.53. The van der Waals surface area contributed by atoms with E-state index < -0.39 is 0 Å². The summed E-state index contributed by atoms with van der Waals surface area (Å²) < 4.78 is 15.1. The molecule has 1 aliphatic rings. The van der Waals surface area contributed by atoms with Crippen LogP contribution in [0.25, 0.3) is 0 Å². The summed E-state index contributed by atoms with van der Waals surface area (Å²) >= 11 is 1.19. The minimum atomic E-state index is -0.324. The Kier molecular flexibility index (Phi) is 5.42. The molecule has 0 saturated carbocycles. The summed E-state index contributed by atoms with van der Waals surface area (Å²) in [6.07, 6.45) is 0.595. The van der Waals surface area contributed by atoms with Crippen molar-refractivity contribution in [1.29, 1.82) is 0 Å². The Morgan fingerprint density at radius 1 is 1.55 bits per heavy atom. The number of ether oxygens (including phenoxy) is 2. The van der Waals surface area contributed by atoms with Crippen molar-refractivity contribution in [1.82, 2.24) is 5.16 Å². The van der Waals surface area contributed by atoms with Crippen LogP contribution >= 0.6 is 11.8 Å². The number of nitrogens with zero attached hydrogens (tertiary/aromatic N) is 1. The Labute approximate surface area is 120 Å². The highest BCUT2D eigenvalue weighted by Gasteiger charge is 2.19. The van der Waals surface area contributed by atoms with E-state index in [1.165, 1.54) is 11.8 Å². The summed E-state index contributed by atoms with van der Waals surface area (Å²) in [5.41, 5.74) is 0. The Morgan fingerprint density at radius 2 is 2.40 bits per heavy atom. The zero-order valence-corrected chi connectivity index (χ0v) is 11.9. The van der Waals surface area contributed by atoms with Crippen LogP contribution < -0.4 is 5.32 Å². The van der Waals surface area contributed by atoms with Gasteiger partial charge in [0.1, 0.15) is 11.9 Å². The molecular formula is C12H16N2O5S. The molecule has 8 heteroatoms. The van der Waals surface area contributed by atoms with Gasteiger partial charge in [-0.3, -0.25) is 9.59 Å². The molecule has 20 heavy (non-hydrogen) atoms. The van der Waals surface area contributed by atoms with Crippen LogP contribution in [0.2, 0.25) is 0 Å². The molecule has 110 valence electrons. The van der Waals surface area contributed by atoms with Crippen LogP contribution in [0.3, 0.4) is 0 Å². The van der Waals surface area contributed by atoms with Crippen molar-refractivity contribution in [3.63, 3.8) is 0 Å². The maximum Gasteiger partial charge on any atom is 0.316 e. The molecule has 1 N–H and O–H groups in total. The van der Waals surface area contributed by atoms with E-state index >= 15 is 0 Å². The van der Waals surface area contributed by atoms with E-state index in [0.29, 0.717) is 24.8 Å². The third-order valence-corrected chi connectivity index (χ3v) is 3.44.